The largest absolute Gasteiger partial charge is 0.368 e. The summed E-state index contributed by atoms with van der Waals surface area (Å²) in [7, 11) is 0. The average molecular weight is 356 g/mol. The van der Waals surface area contributed by atoms with Crippen molar-refractivity contribution in [3.8, 4) is 0 Å². The van der Waals surface area contributed by atoms with E-state index in [-0.39, 0.29) is 6.03 Å². The maximum Gasteiger partial charge on any atom is 0.317 e. The average Bonchev–Trinajstić information content (AvgIpc) is 2.55. The number of nitrogens with zero attached hydrogens (tertiary/aromatic N) is 2. The van der Waals surface area contributed by atoms with Crippen molar-refractivity contribution >= 4 is 34.9 Å². The standard InChI is InChI=1S/C17H23Cl2N3O/c18-13-10-14(19)12-16(11-13)21-6-8-22(9-7-21)17(23)20-15-4-2-1-3-5-15/h10-12,15H,1-9H2,(H,20,23). The second-order valence-electron chi connectivity index (χ2n) is 6.39. The number of piperazine rings is 1. The van der Waals surface area contributed by atoms with E-state index in [0.29, 0.717) is 16.1 Å². The number of carbonyl (C=O) groups excluding carboxylic acids is 1. The predicted molar refractivity (Wildman–Crippen MR) is 95.7 cm³/mol. The number of amides is 2. The molecule has 126 valence electrons. The van der Waals surface area contributed by atoms with Crippen LogP contribution in [-0.4, -0.2) is 43.2 Å². The third-order valence-electron chi connectivity index (χ3n) is 4.71. The van der Waals surface area contributed by atoms with E-state index in [2.05, 4.69) is 10.2 Å². The molecule has 23 heavy (non-hydrogen) atoms. The van der Waals surface area contributed by atoms with Crippen molar-refractivity contribution in [2.45, 2.75) is 38.1 Å². The van der Waals surface area contributed by atoms with Crippen LogP contribution in [-0.2, 0) is 0 Å². The number of halogens is 2. The van der Waals surface area contributed by atoms with Gasteiger partial charge in [-0.1, -0.05) is 42.5 Å². The van der Waals surface area contributed by atoms with Crippen molar-refractivity contribution in [2.75, 3.05) is 31.1 Å². The zero-order valence-corrected chi connectivity index (χ0v) is 14.7. The second kappa shape index (κ2) is 7.63. The molecule has 6 heteroatoms. The van der Waals surface area contributed by atoms with E-state index >= 15 is 0 Å². The Hall–Kier alpha value is -1.13. The van der Waals surface area contributed by atoms with Gasteiger partial charge >= 0.3 is 6.03 Å². The Balaban J connectivity index is 1.52. The summed E-state index contributed by atoms with van der Waals surface area (Å²) < 4.78 is 0. The quantitative estimate of drug-likeness (QED) is 0.864. The molecule has 1 saturated carbocycles. The third-order valence-corrected chi connectivity index (χ3v) is 5.15. The smallest absolute Gasteiger partial charge is 0.317 e. The molecule has 0 radical (unpaired) electrons. The number of rotatable bonds is 2. The van der Waals surface area contributed by atoms with Gasteiger partial charge in [0.05, 0.1) is 0 Å². The lowest BCUT2D eigenvalue weighted by atomic mass is 9.96. The van der Waals surface area contributed by atoms with Crippen LogP contribution in [0, 0.1) is 0 Å². The predicted octanol–water partition coefficient (Wildman–Crippen LogP) is 4.16. The molecule has 3 rings (SSSR count). The van der Waals surface area contributed by atoms with Gasteiger partial charge in [0.15, 0.2) is 0 Å². The van der Waals surface area contributed by atoms with Crippen LogP contribution in [0.4, 0.5) is 10.5 Å². The first-order valence-electron chi connectivity index (χ1n) is 8.38. The van der Waals surface area contributed by atoms with Crippen LogP contribution in [0.1, 0.15) is 32.1 Å². The molecule has 0 bridgehead atoms. The number of carbonyl (C=O) groups is 1. The van der Waals surface area contributed by atoms with Crippen LogP contribution in [0.15, 0.2) is 18.2 Å². The first kappa shape index (κ1) is 16.7. The molecule has 1 aliphatic carbocycles. The molecule has 0 atom stereocenters. The zero-order chi connectivity index (χ0) is 16.2. The van der Waals surface area contributed by atoms with Gasteiger partial charge in [0.2, 0.25) is 0 Å². The molecule has 1 aliphatic heterocycles. The summed E-state index contributed by atoms with van der Waals surface area (Å²) in [6.45, 7) is 3.05. The van der Waals surface area contributed by atoms with E-state index in [4.69, 9.17) is 23.2 Å². The summed E-state index contributed by atoms with van der Waals surface area (Å²) in [5.41, 5.74) is 1.02. The van der Waals surface area contributed by atoms with Gasteiger partial charge in [-0.05, 0) is 31.0 Å². The Morgan fingerprint density at radius 2 is 1.57 bits per heavy atom. The Morgan fingerprint density at radius 3 is 2.17 bits per heavy atom. The second-order valence-corrected chi connectivity index (χ2v) is 7.26. The summed E-state index contributed by atoms with van der Waals surface area (Å²) in [5, 5.41) is 4.47. The molecule has 1 aromatic carbocycles. The molecule has 0 unspecified atom stereocenters. The number of hydrogen-bond donors (Lipinski definition) is 1. The molecule has 0 aromatic heterocycles. The van der Waals surface area contributed by atoms with E-state index < -0.39 is 0 Å². The van der Waals surface area contributed by atoms with Crippen molar-refractivity contribution in [2.24, 2.45) is 0 Å². The Bertz CT molecular complexity index is 533. The van der Waals surface area contributed by atoms with Crippen molar-refractivity contribution < 1.29 is 4.79 Å². The van der Waals surface area contributed by atoms with Gasteiger partial charge < -0.3 is 15.1 Å². The third kappa shape index (κ3) is 4.45. The summed E-state index contributed by atoms with van der Waals surface area (Å²) in [4.78, 5) is 16.5. The number of benzene rings is 1. The highest BCUT2D eigenvalue weighted by Crippen LogP contribution is 2.26. The number of nitrogens with one attached hydrogen (secondary N) is 1. The van der Waals surface area contributed by atoms with Crippen LogP contribution in [0.2, 0.25) is 10.0 Å². The van der Waals surface area contributed by atoms with E-state index in [1.54, 1.807) is 6.07 Å². The topological polar surface area (TPSA) is 35.6 Å². The molecule has 0 spiro atoms. The molecule has 1 saturated heterocycles. The van der Waals surface area contributed by atoms with Crippen molar-refractivity contribution in [3.05, 3.63) is 28.2 Å². The zero-order valence-electron chi connectivity index (χ0n) is 13.2. The van der Waals surface area contributed by atoms with Crippen molar-refractivity contribution in [3.63, 3.8) is 0 Å². The first-order valence-corrected chi connectivity index (χ1v) is 9.14. The fraction of sp³-hybridized carbons (Fsp3) is 0.588. The fourth-order valence-corrected chi connectivity index (χ4v) is 3.92. The molecule has 2 aliphatic rings. The molecular formula is C17H23Cl2N3O. The highest BCUT2D eigenvalue weighted by atomic mass is 35.5. The van der Waals surface area contributed by atoms with E-state index in [9.17, 15) is 4.79 Å². The Morgan fingerprint density at radius 1 is 0.957 bits per heavy atom. The Kier molecular flexibility index (Phi) is 5.54. The van der Waals surface area contributed by atoms with Gasteiger partial charge in [0.1, 0.15) is 0 Å². The lowest BCUT2D eigenvalue weighted by molar-refractivity contribution is 0.186. The van der Waals surface area contributed by atoms with Crippen LogP contribution >= 0.6 is 23.2 Å². The normalized spacial score (nSPS) is 19.7. The lowest BCUT2D eigenvalue weighted by Gasteiger charge is -2.37. The summed E-state index contributed by atoms with van der Waals surface area (Å²) in [6, 6.07) is 6.03. The van der Waals surface area contributed by atoms with Crippen molar-refractivity contribution in [1.82, 2.24) is 10.2 Å². The van der Waals surface area contributed by atoms with Crippen LogP contribution in [0.3, 0.4) is 0 Å². The van der Waals surface area contributed by atoms with Gasteiger partial charge in [-0.25, -0.2) is 4.79 Å². The molecular weight excluding hydrogens is 333 g/mol. The molecule has 1 heterocycles. The fourth-order valence-electron chi connectivity index (χ4n) is 3.40. The van der Waals surface area contributed by atoms with Crippen LogP contribution in [0.5, 0.6) is 0 Å². The highest BCUT2D eigenvalue weighted by Gasteiger charge is 2.24. The van der Waals surface area contributed by atoms with Crippen molar-refractivity contribution in [1.29, 1.82) is 0 Å². The van der Waals surface area contributed by atoms with Gasteiger partial charge in [-0.3, -0.25) is 0 Å². The van der Waals surface area contributed by atoms with Gasteiger partial charge in [0, 0.05) is 48.0 Å². The monoisotopic (exact) mass is 355 g/mol. The lowest BCUT2D eigenvalue weighted by Crippen LogP contribution is -2.53. The SMILES string of the molecule is O=C(NC1CCCCC1)N1CCN(c2cc(Cl)cc(Cl)c2)CC1. The minimum Gasteiger partial charge on any atom is -0.368 e. The minimum absolute atomic E-state index is 0.0840. The maximum atomic E-state index is 12.4. The van der Waals surface area contributed by atoms with Gasteiger partial charge in [-0.15, -0.1) is 0 Å². The molecule has 2 fully saturated rings. The summed E-state index contributed by atoms with van der Waals surface area (Å²) in [6.07, 6.45) is 6.00. The number of anilines is 1. The Labute approximate surface area is 147 Å². The first-order chi connectivity index (χ1) is 11.1. The van der Waals surface area contributed by atoms with E-state index in [1.807, 2.05) is 17.0 Å². The van der Waals surface area contributed by atoms with Gasteiger partial charge in [0.25, 0.3) is 0 Å². The molecule has 1 N–H and O–H groups in total. The molecule has 4 nitrogen and oxygen atoms in total. The van der Waals surface area contributed by atoms with E-state index in [1.165, 1.54) is 19.3 Å². The van der Waals surface area contributed by atoms with E-state index in [0.717, 1.165) is 44.7 Å². The van der Waals surface area contributed by atoms with Crippen LogP contribution < -0.4 is 10.2 Å². The van der Waals surface area contributed by atoms with Gasteiger partial charge in [-0.2, -0.15) is 0 Å². The van der Waals surface area contributed by atoms with Crippen LogP contribution in [0.25, 0.3) is 0 Å². The maximum absolute atomic E-state index is 12.4. The molecule has 1 aromatic rings. The molecule has 2 amide bonds. The highest BCUT2D eigenvalue weighted by molar-refractivity contribution is 6.35. The number of urea groups is 1. The number of hydrogen-bond acceptors (Lipinski definition) is 2. The minimum atomic E-state index is 0.0840. The summed E-state index contributed by atoms with van der Waals surface area (Å²) in [5.74, 6) is 0. The summed E-state index contributed by atoms with van der Waals surface area (Å²) >= 11 is 12.1.